The van der Waals surface area contributed by atoms with E-state index in [1.165, 1.54) is 0 Å². The van der Waals surface area contributed by atoms with Gasteiger partial charge >= 0.3 is 25.2 Å². The van der Waals surface area contributed by atoms with Gasteiger partial charge in [0.25, 0.3) is 0 Å². The first-order valence-electron chi connectivity index (χ1n) is 5.63. The van der Waals surface area contributed by atoms with Gasteiger partial charge in [-0.15, -0.1) is 0 Å². The fourth-order valence-corrected chi connectivity index (χ4v) is 1.64. The summed E-state index contributed by atoms with van der Waals surface area (Å²) >= 11 is 0. The van der Waals surface area contributed by atoms with Gasteiger partial charge in [-0.3, -0.25) is 0 Å². The Morgan fingerprint density at radius 2 is 1.83 bits per heavy atom. The van der Waals surface area contributed by atoms with Crippen LogP contribution in [-0.4, -0.2) is 19.7 Å². The minimum atomic E-state index is 0. The Morgan fingerprint density at radius 3 is 2.28 bits per heavy atom. The van der Waals surface area contributed by atoms with Crippen molar-refractivity contribution in [2.45, 2.75) is 20.8 Å². The number of benzene rings is 1. The van der Waals surface area contributed by atoms with Crippen molar-refractivity contribution in [3.05, 3.63) is 23.2 Å². The maximum absolute atomic E-state index is 8.82. The third-order valence-electron chi connectivity index (χ3n) is 2.48. The summed E-state index contributed by atoms with van der Waals surface area (Å²) in [6.45, 7) is 8.56. The Balaban J connectivity index is 0. The SMILES string of the molecule is CCOc1cc(N(CC)CC)ccc1[N+]#N.[Cl-].[Zn+2]. The minimum Gasteiger partial charge on any atom is -1.00 e. The standard InChI is InChI=1S/C12H18N3O.ClH.Zn/c1-4-15(5-2)10-7-8-11(14-13)12(9-10)16-6-3;;/h7-9H,4-6H2,1-3H3;1H;/q+1;;+2/p-1. The molecule has 1 rings (SSSR count). The minimum absolute atomic E-state index is 0. The monoisotopic (exact) mass is 319 g/mol. The molecule has 0 aliphatic heterocycles. The van der Waals surface area contributed by atoms with Crippen LogP contribution in [0.3, 0.4) is 0 Å². The molecule has 6 heteroatoms. The molecule has 0 bridgehead atoms. The van der Waals surface area contributed by atoms with E-state index in [0.29, 0.717) is 18.0 Å². The Hall–Kier alpha value is -0.847. The predicted octanol–water partition coefficient (Wildman–Crippen LogP) is 0.418. The average molecular weight is 321 g/mol. The molecule has 0 unspecified atom stereocenters. The number of ether oxygens (including phenoxy) is 1. The first-order chi connectivity index (χ1) is 7.76. The van der Waals surface area contributed by atoms with Crippen molar-refractivity contribution in [2.75, 3.05) is 24.6 Å². The quantitative estimate of drug-likeness (QED) is 0.583. The topological polar surface area (TPSA) is 40.6 Å². The van der Waals surface area contributed by atoms with Gasteiger partial charge in [-0.2, -0.15) is 0 Å². The number of rotatable bonds is 5. The normalized spacial score (nSPS) is 8.56. The van der Waals surface area contributed by atoms with Crippen LogP contribution in [0, 0.1) is 5.39 Å². The molecule has 0 fully saturated rings. The van der Waals surface area contributed by atoms with Gasteiger partial charge in [0.15, 0.2) is 4.98 Å². The second kappa shape index (κ2) is 10.1. The molecular formula is C12H18ClN3OZn+2. The van der Waals surface area contributed by atoms with E-state index in [9.17, 15) is 0 Å². The molecule has 0 aliphatic carbocycles. The third-order valence-corrected chi connectivity index (χ3v) is 2.48. The molecule has 0 saturated carbocycles. The van der Waals surface area contributed by atoms with Crippen LogP contribution in [0.2, 0.25) is 0 Å². The van der Waals surface area contributed by atoms with Crippen LogP contribution < -0.4 is 22.0 Å². The average Bonchev–Trinajstić information content (AvgIpc) is 2.31. The molecule has 0 radical (unpaired) electrons. The van der Waals surface area contributed by atoms with E-state index < -0.39 is 0 Å². The second-order valence-corrected chi connectivity index (χ2v) is 3.36. The van der Waals surface area contributed by atoms with Crippen LogP contribution in [0.25, 0.3) is 4.98 Å². The summed E-state index contributed by atoms with van der Waals surface area (Å²) in [4.78, 5) is 5.41. The van der Waals surface area contributed by atoms with Gasteiger partial charge < -0.3 is 22.0 Å². The van der Waals surface area contributed by atoms with E-state index in [1.807, 2.05) is 19.1 Å². The van der Waals surface area contributed by atoms with Crippen LogP contribution in [0.1, 0.15) is 20.8 Å². The predicted molar refractivity (Wildman–Crippen MR) is 65.9 cm³/mol. The van der Waals surface area contributed by atoms with E-state index in [2.05, 4.69) is 23.7 Å². The second-order valence-electron chi connectivity index (χ2n) is 3.36. The number of hydrogen-bond acceptors (Lipinski definition) is 3. The first-order valence-corrected chi connectivity index (χ1v) is 5.63. The molecule has 94 valence electrons. The molecule has 0 atom stereocenters. The summed E-state index contributed by atoms with van der Waals surface area (Å²) in [6, 6.07) is 5.61. The van der Waals surface area contributed by atoms with Gasteiger partial charge in [0.2, 0.25) is 11.1 Å². The zero-order chi connectivity index (χ0) is 12.0. The molecule has 1 aromatic carbocycles. The van der Waals surface area contributed by atoms with Crippen molar-refractivity contribution >= 4 is 11.4 Å². The van der Waals surface area contributed by atoms with Crippen LogP contribution in [-0.2, 0) is 19.5 Å². The summed E-state index contributed by atoms with van der Waals surface area (Å²) in [5.74, 6) is 0.620. The van der Waals surface area contributed by atoms with Gasteiger partial charge in [0.1, 0.15) is 0 Å². The van der Waals surface area contributed by atoms with Gasteiger partial charge in [-0.25, -0.2) is 0 Å². The molecule has 0 N–H and O–H groups in total. The van der Waals surface area contributed by atoms with E-state index in [-0.39, 0.29) is 31.9 Å². The van der Waals surface area contributed by atoms with E-state index in [1.54, 1.807) is 6.07 Å². The number of nitrogens with zero attached hydrogens (tertiary/aromatic N) is 3. The van der Waals surface area contributed by atoms with Gasteiger partial charge in [0.05, 0.1) is 6.61 Å². The largest absolute Gasteiger partial charge is 2.00 e. The van der Waals surface area contributed by atoms with E-state index in [0.717, 1.165) is 18.8 Å². The fraction of sp³-hybridized carbons (Fsp3) is 0.500. The molecule has 0 aromatic heterocycles. The molecule has 0 amide bonds. The van der Waals surface area contributed by atoms with Crippen LogP contribution in [0.15, 0.2) is 18.2 Å². The molecule has 0 heterocycles. The fourth-order valence-electron chi connectivity index (χ4n) is 1.64. The zero-order valence-electron chi connectivity index (χ0n) is 11.2. The molecule has 4 nitrogen and oxygen atoms in total. The summed E-state index contributed by atoms with van der Waals surface area (Å²) < 4.78 is 5.43. The Labute approximate surface area is 127 Å². The maximum atomic E-state index is 8.82. The van der Waals surface area contributed by atoms with Gasteiger partial charge in [-0.1, -0.05) is 0 Å². The van der Waals surface area contributed by atoms with Crippen molar-refractivity contribution in [2.24, 2.45) is 0 Å². The molecule has 0 aliphatic rings. The van der Waals surface area contributed by atoms with Crippen molar-refractivity contribution < 1.29 is 36.6 Å². The summed E-state index contributed by atoms with van der Waals surface area (Å²) in [5, 5.41) is 8.82. The first kappa shape index (κ1) is 19.5. The van der Waals surface area contributed by atoms with Gasteiger partial charge in [-0.05, 0) is 26.8 Å². The molecule has 1 aromatic rings. The van der Waals surface area contributed by atoms with Gasteiger partial charge in [0, 0.05) is 30.9 Å². The van der Waals surface area contributed by atoms with Crippen molar-refractivity contribution in [3.8, 4) is 5.75 Å². The van der Waals surface area contributed by atoms with Crippen LogP contribution >= 0.6 is 0 Å². The molecule has 0 saturated heterocycles. The maximum Gasteiger partial charge on any atom is 2.00 e. The Morgan fingerprint density at radius 1 is 1.22 bits per heavy atom. The Bertz CT molecular complexity index is 391. The van der Waals surface area contributed by atoms with Crippen LogP contribution in [0.4, 0.5) is 11.4 Å². The number of halogens is 1. The van der Waals surface area contributed by atoms with Crippen molar-refractivity contribution in [1.82, 2.24) is 0 Å². The number of anilines is 1. The van der Waals surface area contributed by atoms with Crippen LogP contribution in [0.5, 0.6) is 5.75 Å². The van der Waals surface area contributed by atoms with Crippen molar-refractivity contribution in [3.63, 3.8) is 0 Å². The third kappa shape index (κ3) is 4.80. The van der Waals surface area contributed by atoms with E-state index in [4.69, 9.17) is 10.1 Å². The summed E-state index contributed by atoms with van der Waals surface area (Å²) in [6.07, 6.45) is 0. The number of hydrogen-bond donors (Lipinski definition) is 0. The van der Waals surface area contributed by atoms with Crippen molar-refractivity contribution in [1.29, 1.82) is 5.39 Å². The molecule has 0 spiro atoms. The van der Waals surface area contributed by atoms with E-state index >= 15 is 0 Å². The number of diazo groups is 1. The summed E-state index contributed by atoms with van der Waals surface area (Å²) in [5.41, 5.74) is 1.55. The molecule has 18 heavy (non-hydrogen) atoms. The smallest absolute Gasteiger partial charge is 1.00 e. The Kier molecular flexibility index (Phi) is 10.9. The zero-order valence-corrected chi connectivity index (χ0v) is 14.9. The summed E-state index contributed by atoms with van der Waals surface area (Å²) in [7, 11) is 0. The molecular weight excluding hydrogens is 303 g/mol.